The van der Waals surface area contributed by atoms with E-state index in [2.05, 4.69) is 15.5 Å². The van der Waals surface area contributed by atoms with Crippen molar-refractivity contribution in [1.29, 1.82) is 0 Å². The molecule has 0 bridgehead atoms. The van der Waals surface area contributed by atoms with Crippen LogP contribution in [0.5, 0.6) is 0 Å². The summed E-state index contributed by atoms with van der Waals surface area (Å²) in [5.74, 6) is -0.303. The van der Waals surface area contributed by atoms with E-state index >= 15 is 0 Å². The Morgan fingerprint density at radius 2 is 2.29 bits per heavy atom. The van der Waals surface area contributed by atoms with E-state index in [0.717, 1.165) is 0 Å². The Labute approximate surface area is 98.2 Å². The number of carbonyl (C=O) groups excluding carboxylic acids is 1. The van der Waals surface area contributed by atoms with Gasteiger partial charge in [-0.25, -0.2) is 4.79 Å². The minimum absolute atomic E-state index is 0.0755. The molecule has 0 aromatic carbocycles. The summed E-state index contributed by atoms with van der Waals surface area (Å²) in [6, 6.07) is -0.339. The zero-order valence-corrected chi connectivity index (χ0v) is 9.75. The van der Waals surface area contributed by atoms with Gasteiger partial charge in [0.1, 0.15) is 6.33 Å². The number of nitrogens with one attached hydrogen (secondary N) is 1. The Balaban J connectivity index is 2.34. The van der Waals surface area contributed by atoms with Crippen molar-refractivity contribution < 1.29 is 14.7 Å². The fourth-order valence-corrected chi connectivity index (χ4v) is 1.12. The molecule has 0 atom stereocenters. The predicted octanol–water partition coefficient (Wildman–Crippen LogP) is -0.569. The molecular weight excluding hydrogens is 226 g/mol. The average Bonchev–Trinajstić information content (AvgIpc) is 2.68. The number of carboxylic acids is 1. The third-order valence-electron chi connectivity index (χ3n) is 2.21. The van der Waals surface area contributed by atoms with Crippen LogP contribution in [-0.4, -0.2) is 50.4 Å². The Morgan fingerprint density at radius 3 is 2.82 bits per heavy atom. The van der Waals surface area contributed by atoms with Crippen molar-refractivity contribution in [3.8, 4) is 0 Å². The minimum atomic E-state index is -0.932. The van der Waals surface area contributed by atoms with Gasteiger partial charge in [0.15, 0.2) is 5.82 Å². The Bertz CT molecular complexity index is 403. The average molecular weight is 241 g/mol. The summed E-state index contributed by atoms with van der Waals surface area (Å²) < 4.78 is 1.69. The van der Waals surface area contributed by atoms with Gasteiger partial charge < -0.3 is 19.9 Å². The van der Waals surface area contributed by atoms with Gasteiger partial charge in [0.05, 0.1) is 13.0 Å². The SMILES string of the molecule is CN(CCC(=O)O)C(=O)NCc1nncn1C. The molecule has 94 valence electrons. The minimum Gasteiger partial charge on any atom is -0.481 e. The molecule has 2 N–H and O–H groups in total. The number of hydrogen-bond donors (Lipinski definition) is 2. The van der Waals surface area contributed by atoms with Crippen molar-refractivity contribution in [2.75, 3.05) is 13.6 Å². The van der Waals surface area contributed by atoms with Crippen molar-refractivity contribution >= 4 is 12.0 Å². The molecule has 0 saturated heterocycles. The van der Waals surface area contributed by atoms with E-state index in [4.69, 9.17) is 5.11 Å². The number of nitrogens with zero attached hydrogens (tertiary/aromatic N) is 4. The van der Waals surface area contributed by atoms with Gasteiger partial charge in [0.2, 0.25) is 0 Å². The van der Waals surface area contributed by atoms with Gasteiger partial charge in [0, 0.05) is 20.6 Å². The van der Waals surface area contributed by atoms with Crippen molar-refractivity contribution in [3.05, 3.63) is 12.2 Å². The van der Waals surface area contributed by atoms with Gasteiger partial charge in [-0.3, -0.25) is 4.79 Å². The lowest BCUT2D eigenvalue weighted by atomic mass is 10.4. The van der Waals surface area contributed by atoms with Crippen LogP contribution in [0.2, 0.25) is 0 Å². The molecule has 0 fully saturated rings. The first-order valence-electron chi connectivity index (χ1n) is 5.04. The van der Waals surface area contributed by atoms with Crippen LogP contribution in [0.4, 0.5) is 4.79 Å². The summed E-state index contributed by atoms with van der Waals surface area (Å²) >= 11 is 0. The van der Waals surface area contributed by atoms with Crippen LogP contribution in [0.1, 0.15) is 12.2 Å². The Morgan fingerprint density at radius 1 is 1.59 bits per heavy atom. The number of aromatic nitrogens is 3. The van der Waals surface area contributed by atoms with Gasteiger partial charge in [-0.1, -0.05) is 0 Å². The molecule has 0 unspecified atom stereocenters. The van der Waals surface area contributed by atoms with Crippen molar-refractivity contribution in [2.45, 2.75) is 13.0 Å². The fraction of sp³-hybridized carbons (Fsp3) is 0.556. The standard InChI is InChI=1S/C9H15N5O3/c1-13(4-3-8(15)16)9(17)10-5-7-12-11-6-14(7)2/h6H,3-5H2,1-2H3,(H,10,17)(H,15,16). The first-order chi connectivity index (χ1) is 8.00. The second-order valence-electron chi connectivity index (χ2n) is 3.58. The molecule has 0 aliphatic heterocycles. The van der Waals surface area contributed by atoms with E-state index in [0.29, 0.717) is 5.82 Å². The summed E-state index contributed by atoms with van der Waals surface area (Å²) in [5.41, 5.74) is 0. The van der Waals surface area contributed by atoms with E-state index in [1.54, 1.807) is 11.6 Å². The Kier molecular flexibility index (Phi) is 4.44. The fourth-order valence-electron chi connectivity index (χ4n) is 1.12. The summed E-state index contributed by atoms with van der Waals surface area (Å²) in [6.45, 7) is 0.423. The van der Waals surface area contributed by atoms with Crippen LogP contribution in [0.15, 0.2) is 6.33 Å². The predicted molar refractivity (Wildman–Crippen MR) is 58.1 cm³/mol. The molecule has 0 aliphatic carbocycles. The van der Waals surface area contributed by atoms with Gasteiger partial charge in [-0.05, 0) is 0 Å². The zero-order valence-electron chi connectivity index (χ0n) is 9.75. The number of carbonyl (C=O) groups is 2. The second kappa shape index (κ2) is 5.83. The highest BCUT2D eigenvalue weighted by molar-refractivity contribution is 5.74. The largest absolute Gasteiger partial charge is 0.481 e. The molecule has 0 spiro atoms. The van der Waals surface area contributed by atoms with Crippen molar-refractivity contribution in [2.24, 2.45) is 7.05 Å². The molecule has 1 rings (SSSR count). The lowest BCUT2D eigenvalue weighted by molar-refractivity contribution is -0.137. The highest BCUT2D eigenvalue weighted by Crippen LogP contribution is 1.93. The second-order valence-corrected chi connectivity index (χ2v) is 3.58. The summed E-state index contributed by atoms with van der Waals surface area (Å²) in [7, 11) is 3.31. The Hall–Kier alpha value is -2.12. The van der Waals surface area contributed by atoms with E-state index < -0.39 is 5.97 Å². The normalized spacial score (nSPS) is 10.0. The maximum Gasteiger partial charge on any atom is 0.317 e. The van der Waals surface area contributed by atoms with Gasteiger partial charge in [-0.2, -0.15) is 0 Å². The quantitative estimate of drug-likeness (QED) is 0.719. The summed E-state index contributed by atoms with van der Waals surface area (Å²) in [6.07, 6.45) is 1.46. The number of urea groups is 1. The molecule has 17 heavy (non-hydrogen) atoms. The molecule has 0 radical (unpaired) electrons. The van der Waals surface area contributed by atoms with Crippen LogP contribution in [-0.2, 0) is 18.4 Å². The summed E-state index contributed by atoms with van der Waals surface area (Å²) in [5, 5.41) is 18.6. The maximum absolute atomic E-state index is 11.5. The molecule has 0 saturated carbocycles. The number of amides is 2. The van der Waals surface area contributed by atoms with Crippen molar-refractivity contribution in [1.82, 2.24) is 25.0 Å². The highest BCUT2D eigenvalue weighted by Gasteiger charge is 2.10. The zero-order chi connectivity index (χ0) is 12.8. The van der Waals surface area contributed by atoms with Crippen LogP contribution < -0.4 is 5.32 Å². The van der Waals surface area contributed by atoms with Crippen molar-refractivity contribution in [3.63, 3.8) is 0 Å². The van der Waals surface area contributed by atoms with Gasteiger partial charge >= 0.3 is 12.0 Å². The lowest BCUT2D eigenvalue weighted by Gasteiger charge is -2.16. The van der Waals surface area contributed by atoms with Gasteiger partial charge in [0.25, 0.3) is 0 Å². The van der Waals surface area contributed by atoms with Crippen LogP contribution in [0.25, 0.3) is 0 Å². The van der Waals surface area contributed by atoms with Crippen LogP contribution >= 0.6 is 0 Å². The molecule has 1 aromatic heterocycles. The molecule has 8 heteroatoms. The topological polar surface area (TPSA) is 100 Å². The van der Waals surface area contributed by atoms with Gasteiger partial charge in [-0.15, -0.1) is 10.2 Å². The smallest absolute Gasteiger partial charge is 0.317 e. The first-order valence-corrected chi connectivity index (χ1v) is 5.04. The molecule has 0 aliphatic rings. The number of hydrogen-bond acceptors (Lipinski definition) is 4. The molecular formula is C9H15N5O3. The van der Waals surface area contributed by atoms with Crippen LogP contribution in [0.3, 0.4) is 0 Å². The molecule has 1 heterocycles. The molecule has 2 amide bonds. The van der Waals surface area contributed by atoms with E-state index in [9.17, 15) is 9.59 Å². The van der Waals surface area contributed by atoms with E-state index in [-0.39, 0.29) is 25.5 Å². The maximum atomic E-state index is 11.5. The van der Waals surface area contributed by atoms with E-state index in [1.165, 1.54) is 18.3 Å². The van der Waals surface area contributed by atoms with E-state index in [1.807, 2.05) is 0 Å². The lowest BCUT2D eigenvalue weighted by Crippen LogP contribution is -2.38. The number of aryl methyl sites for hydroxylation is 1. The third kappa shape index (κ3) is 4.09. The molecule has 8 nitrogen and oxygen atoms in total. The monoisotopic (exact) mass is 241 g/mol. The first kappa shape index (κ1) is 12.9. The third-order valence-corrected chi connectivity index (χ3v) is 2.21. The molecule has 1 aromatic rings. The summed E-state index contributed by atoms with van der Waals surface area (Å²) in [4.78, 5) is 23.2. The highest BCUT2D eigenvalue weighted by atomic mass is 16.4. The van der Waals surface area contributed by atoms with Crippen LogP contribution in [0, 0.1) is 0 Å². The number of aliphatic carboxylic acids is 1. The number of carboxylic acid groups (broad SMARTS) is 1. The number of rotatable bonds is 5.